The van der Waals surface area contributed by atoms with Gasteiger partial charge in [0.2, 0.25) is 5.88 Å². The van der Waals surface area contributed by atoms with Gasteiger partial charge in [0.1, 0.15) is 18.1 Å². The Morgan fingerprint density at radius 1 is 1.19 bits per heavy atom. The van der Waals surface area contributed by atoms with Gasteiger partial charge in [0, 0.05) is 47.5 Å². The molecule has 2 amide bonds. The summed E-state index contributed by atoms with van der Waals surface area (Å²) < 4.78 is 12.0. The highest BCUT2D eigenvalue weighted by atomic mass is 32.1. The largest absolute Gasteiger partial charge is 0.492 e. The van der Waals surface area contributed by atoms with Crippen LogP contribution in [-0.2, 0) is 9.59 Å². The lowest BCUT2D eigenvalue weighted by atomic mass is 10.1. The Balaban J connectivity index is 1.68. The Labute approximate surface area is 219 Å². The van der Waals surface area contributed by atoms with E-state index in [1.165, 1.54) is 6.08 Å². The van der Waals surface area contributed by atoms with Crippen LogP contribution in [-0.4, -0.2) is 68.1 Å². The average molecular weight is 520 g/mol. The maximum absolute atomic E-state index is 12.5. The number of likely N-dealkylation sites (N-methyl/N-ethyl adjacent to an activating group) is 1. The van der Waals surface area contributed by atoms with E-state index in [9.17, 15) is 9.59 Å². The SMILES string of the molecule is CN=C(NN1C(=O)C=C(C)C1=O)c1c(/N=C/c2cccs2)oc(-c2ccc(OCCN(C)C)cc2)c1C. The van der Waals surface area contributed by atoms with Crippen LogP contribution in [0.2, 0.25) is 0 Å². The predicted octanol–water partition coefficient (Wildman–Crippen LogP) is 4.20. The Bertz CT molecular complexity index is 1370. The van der Waals surface area contributed by atoms with Gasteiger partial charge in [-0.1, -0.05) is 6.07 Å². The number of nitrogens with zero attached hydrogens (tertiary/aromatic N) is 4. The van der Waals surface area contributed by atoms with Crippen molar-refractivity contribution in [2.45, 2.75) is 13.8 Å². The van der Waals surface area contributed by atoms with Crippen molar-refractivity contribution in [1.29, 1.82) is 0 Å². The van der Waals surface area contributed by atoms with Crippen molar-refractivity contribution < 1.29 is 18.7 Å². The van der Waals surface area contributed by atoms with E-state index in [-0.39, 0.29) is 0 Å². The Morgan fingerprint density at radius 2 is 1.95 bits per heavy atom. The van der Waals surface area contributed by atoms with Crippen LogP contribution in [0.15, 0.2) is 67.8 Å². The minimum absolute atomic E-state index is 0.291. The molecule has 0 bridgehead atoms. The van der Waals surface area contributed by atoms with E-state index < -0.39 is 11.8 Å². The first-order valence-electron chi connectivity index (χ1n) is 11.7. The van der Waals surface area contributed by atoms with Crippen LogP contribution in [0.4, 0.5) is 5.88 Å². The van der Waals surface area contributed by atoms with E-state index in [0.717, 1.165) is 33.3 Å². The van der Waals surface area contributed by atoms with Gasteiger partial charge in [0.25, 0.3) is 11.8 Å². The molecule has 0 saturated heterocycles. The number of hydrogen-bond acceptors (Lipinski definition) is 8. The minimum atomic E-state index is -0.460. The minimum Gasteiger partial charge on any atom is -0.492 e. The molecule has 9 nitrogen and oxygen atoms in total. The third-order valence-electron chi connectivity index (χ3n) is 5.68. The second-order valence-electron chi connectivity index (χ2n) is 8.68. The molecule has 2 aromatic heterocycles. The molecule has 10 heteroatoms. The van der Waals surface area contributed by atoms with Crippen molar-refractivity contribution in [3.8, 4) is 17.1 Å². The molecule has 0 fully saturated rings. The zero-order chi connectivity index (χ0) is 26.5. The van der Waals surface area contributed by atoms with Gasteiger partial charge in [-0.3, -0.25) is 20.0 Å². The molecule has 0 aliphatic carbocycles. The Morgan fingerprint density at radius 3 is 2.54 bits per heavy atom. The summed E-state index contributed by atoms with van der Waals surface area (Å²) in [4.78, 5) is 36.8. The van der Waals surface area contributed by atoms with Gasteiger partial charge in [-0.05, 0) is 63.7 Å². The summed E-state index contributed by atoms with van der Waals surface area (Å²) in [6, 6.07) is 11.5. The molecule has 1 aromatic carbocycles. The fourth-order valence-electron chi connectivity index (χ4n) is 3.70. The summed E-state index contributed by atoms with van der Waals surface area (Å²) in [5.41, 5.74) is 5.37. The number of thiophene rings is 1. The number of hydrazine groups is 1. The molecule has 37 heavy (non-hydrogen) atoms. The van der Waals surface area contributed by atoms with Crippen LogP contribution in [0.1, 0.15) is 22.9 Å². The van der Waals surface area contributed by atoms with E-state index in [1.54, 1.807) is 31.5 Å². The van der Waals surface area contributed by atoms with E-state index >= 15 is 0 Å². The third-order valence-corrected chi connectivity index (χ3v) is 6.49. The summed E-state index contributed by atoms with van der Waals surface area (Å²) in [5, 5.41) is 2.90. The molecule has 0 saturated carbocycles. The second kappa shape index (κ2) is 11.4. The van der Waals surface area contributed by atoms with Crippen LogP contribution < -0.4 is 10.2 Å². The Hall–Kier alpha value is -4.02. The van der Waals surface area contributed by atoms with E-state index in [0.29, 0.717) is 35.2 Å². The molecule has 1 aliphatic heterocycles. The highest BCUT2D eigenvalue weighted by Crippen LogP contribution is 2.37. The number of carbonyl (C=O) groups is 2. The number of imide groups is 1. The molecule has 1 N–H and O–H groups in total. The van der Waals surface area contributed by atoms with Gasteiger partial charge in [-0.2, -0.15) is 5.01 Å². The van der Waals surface area contributed by atoms with Crippen LogP contribution in [0, 0.1) is 6.92 Å². The number of ether oxygens (including phenoxy) is 1. The van der Waals surface area contributed by atoms with Crippen LogP contribution in [0.5, 0.6) is 5.75 Å². The van der Waals surface area contributed by atoms with Crippen LogP contribution in [0.3, 0.4) is 0 Å². The fourth-order valence-corrected chi connectivity index (χ4v) is 4.28. The zero-order valence-corrected chi connectivity index (χ0v) is 22.3. The number of furan rings is 1. The quantitative estimate of drug-likeness (QED) is 0.258. The molecule has 0 spiro atoms. The maximum atomic E-state index is 12.5. The maximum Gasteiger partial charge on any atom is 0.275 e. The first-order valence-corrected chi connectivity index (χ1v) is 12.6. The van der Waals surface area contributed by atoms with E-state index in [4.69, 9.17) is 9.15 Å². The van der Waals surface area contributed by atoms with Crippen molar-refractivity contribution in [1.82, 2.24) is 15.3 Å². The molecule has 0 unspecified atom stereocenters. The summed E-state index contributed by atoms with van der Waals surface area (Å²) >= 11 is 1.55. The molecule has 3 heterocycles. The lowest BCUT2D eigenvalue weighted by Crippen LogP contribution is -2.46. The highest BCUT2D eigenvalue weighted by Gasteiger charge is 2.31. The molecule has 4 rings (SSSR count). The van der Waals surface area contributed by atoms with Crippen molar-refractivity contribution >= 4 is 41.1 Å². The number of nitrogens with one attached hydrogen (secondary N) is 1. The standard InChI is InChI=1S/C27H29N5O4S/c1-17-15-22(33)32(27(17)34)30-25(28-3)23-18(2)24(36-26(23)29-16-21-7-6-14-37-21)19-8-10-20(11-9-19)35-13-12-31(4)5/h6-11,14-16H,12-13H2,1-5H3,(H,28,30)/b29-16+. The van der Waals surface area contributed by atoms with Gasteiger partial charge >= 0.3 is 0 Å². The number of benzene rings is 1. The lowest BCUT2D eigenvalue weighted by Gasteiger charge is -2.18. The molecule has 0 atom stereocenters. The summed E-state index contributed by atoms with van der Waals surface area (Å²) in [7, 11) is 5.57. The second-order valence-corrected chi connectivity index (χ2v) is 9.66. The topological polar surface area (TPSA) is 99.7 Å². The normalized spacial score (nSPS) is 14.3. The lowest BCUT2D eigenvalue weighted by molar-refractivity contribution is -0.139. The zero-order valence-electron chi connectivity index (χ0n) is 21.4. The third kappa shape index (κ3) is 5.87. The molecular formula is C27H29N5O4S. The van der Waals surface area contributed by atoms with Gasteiger partial charge in [0.05, 0.1) is 5.56 Å². The molecule has 1 aliphatic rings. The van der Waals surface area contributed by atoms with Gasteiger partial charge in [-0.15, -0.1) is 11.3 Å². The number of aliphatic imine (C=N–C) groups is 2. The number of rotatable bonds is 9. The number of hydrogen-bond donors (Lipinski definition) is 1. The van der Waals surface area contributed by atoms with Crippen molar-refractivity contribution in [3.63, 3.8) is 0 Å². The first-order chi connectivity index (χ1) is 17.8. The predicted molar refractivity (Wildman–Crippen MR) is 146 cm³/mol. The number of amides is 2. The van der Waals surface area contributed by atoms with Crippen LogP contribution in [0.25, 0.3) is 11.3 Å². The fraction of sp³-hybridized carbons (Fsp3) is 0.259. The molecule has 0 radical (unpaired) electrons. The van der Waals surface area contributed by atoms with Gasteiger partial charge in [-0.25, -0.2) is 4.99 Å². The van der Waals surface area contributed by atoms with Crippen molar-refractivity contribution in [2.24, 2.45) is 9.98 Å². The smallest absolute Gasteiger partial charge is 0.275 e. The Kier molecular flexibility index (Phi) is 8.00. The van der Waals surface area contributed by atoms with Crippen molar-refractivity contribution in [2.75, 3.05) is 34.3 Å². The first kappa shape index (κ1) is 26.1. The summed E-state index contributed by atoms with van der Waals surface area (Å²) in [6.07, 6.45) is 3.00. The molecular weight excluding hydrogens is 490 g/mol. The average Bonchev–Trinajstić information content (AvgIpc) is 3.56. The van der Waals surface area contributed by atoms with E-state index in [2.05, 4.69) is 20.3 Å². The number of carbonyl (C=O) groups excluding carboxylic acids is 2. The monoisotopic (exact) mass is 519 g/mol. The number of amidine groups is 1. The molecule has 3 aromatic rings. The molecule has 192 valence electrons. The van der Waals surface area contributed by atoms with Gasteiger partial charge in [0.15, 0.2) is 5.84 Å². The van der Waals surface area contributed by atoms with Crippen molar-refractivity contribution in [3.05, 3.63) is 69.4 Å². The highest BCUT2D eigenvalue weighted by molar-refractivity contribution is 7.11. The van der Waals surface area contributed by atoms with Gasteiger partial charge < -0.3 is 14.1 Å². The summed E-state index contributed by atoms with van der Waals surface area (Å²) in [6.45, 7) is 4.89. The van der Waals surface area contributed by atoms with Crippen LogP contribution >= 0.6 is 11.3 Å². The summed E-state index contributed by atoms with van der Waals surface area (Å²) in [5.74, 6) is 1.07. The van der Waals surface area contributed by atoms with E-state index in [1.807, 2.05) is 62.8 Å².